The Morgan fingerprint density at radius 2 is 1.91 bits per heavy atom. The maximum Gasteiger partial charge on any atom is 0.271 e. The molecular weight excluding hydrogens is 482 g/mol. The predicted octanol–water partition coefficient (Wildman–Crippen LogP) is 3.82. The normalized spacial score (nSPS) is 18.6. The summed E-state index contributed by atoms with van der Waals surface area (Å²) < 4.78 is 0. The molecule has 1 amide bonds. The van der Waals surface area contributed by atoms with E-state index in [4.69, 9.17) is 28.8 Å². The molecule has 6 N–H and O–H groups in total. The molecule has 1 aromatic carbocycles. The number of amides is 1. The van der Waals surface area contributed by atoms with E-state index in [1.165, 1.54) is 34.0 Å². The maximum absolute atomic E-state index is 12.3. The zero-order valence-corrected chi connectivity index (χ0v) is 21.3. The van der Waals surface area contributed by atoms with Gasteiger partial charge < -0.3 is 22.1 Å². The minimum Gasteiger partial charge on any atom is -0.382 e. The van der Waals surface area contributed by atoms with Crippen molar-refractivity contribution < 1.29 is 4.79 Å². The molecule has 2 aliphatic rings. The van der Waals surface area contributed by atoms with E-state index >= 15 is 0 Å². The third-order valence-corrected chi connectivity index (χ3v) is 8.89. The fourth-order valence-electron chi connectivity index (χ4n) is 5.26. The van der Waals surface area contributed by atoms with Crippen molar-refractivity contribution in [1.29, 1.82) is 0 Å². The lowest BCUT2D eigenvalue weighted by atomic mass is 9.73. The van der Waals surface area contributed by atoms with Crippen molar-refractivity contribution in [2.75, 3.05) is 23.7 Å². The number of aryl methyl sites for hydroxylation is 2. The number of aromatic nitrogens is 3. The van der Waals surface area contributed by atoms with Crippen LogP contribution < -0.4 is 22.1 Å². The summed E-state index contributed by atoms with van der Waals surface area (Å²) in [6.07, 6.45) is 6.00. The van der Waals surface area contributed by atoms with Crippen molar-refractivity contribution in [1.82, 2.24) is 15.0 Å². The third kappa shape index (κ3) is 4.22. The van der Waals surface area contributed by atoms with Crippen LogP contribution in [0.1, 0.15) is 51.6 Å². The molecule has 0 unspecified atom stereocenters. The minimum atomic E-state index is -0.619. The molecule has 1 fully saturated rings. The largest absolute Gasteiger partial charge is 0.382 e. The first-order valence-corrected chi connectivity index (χ1v) is 12.7. The Balaban J connectivity index is 1.36. The maximum atomic E-state index is 12.3. The van der Waals surface area contributed by atoms with Gasteiger partial charge in [0.15, 0.2) is 11.5 Å². The summed E-state index contributed by atoms with van der Waals surface area (Å²) in [4.78, 5) is 28.1. The zero-order chi connectivity index (χ0) is 24.9. The average Bonchev–Trinajstić information content (AvgIpc) is 3.08. The lowest BCUT2D eigenvalue weighted by Gasteiger charge is -2.42. The summed E-state index contributed by atoms with van der Waals surface area (Å²) >= 11 is 7.51. The van der Waals surface area contributed by atoms with Gasteiger partial charge in [-0.15, -0.1) is 0 Å². The summed E-state index contributed by atoms with van der Waals surface area (Å²) in [5.41, 5.74) is 23.7. The number of benzene rings is 1. The van der Waals surface area contributed by atoms with Crippen molar-refractivity contribution in [2.45, 2.75) is 49.1 Å². The number of nitrogens with zero attached hydrogens (tertiary/aromatic N) is 4. The second-order valence-corrected chi connectivity index (χ2v) is 10.9. The van der Waals surface area contributed by atoms with E-state index in [0.717, 1.165) is 32.4 Å². The Kier molecular flexibility index (Phi) is 6.11. The van der Waals surface area contributed by atoms with Gasteiger partial charge in [0.25, 0.3) is 5.91 Å². The number of fused-ring (bicyclic) bond motifs is 1. The second-order valence-electron chi connectivity index (χ2n) is 9.49. The highest BCUT2D eigenvalue weighted by Crippen LogP contribution is 2.51. The van der Waals surface area contributed by atoms with E-state index in [0.29, 0.717) is 20.8 Å². The quantitative estimate of drug-likeness (QED) is 0.482. The van der Waals surface area contributed by atoms with Crippen LogP contribution in [0.15, 0.2) is 40.5 Å². The third-order valence-electron chi connectivity index (χ3n) is 7.41. The summed E-state index contributed by atoms with van der Waals surface area (Å²) in [6.45, 7) is 5.75. The summed E-state index contributed by atoms with van der Waals surface area (Å²) in [5, 5.41) is 0.840. The number of anilines is 2. The van der Waals surface area contributed by atoms with Crippen molar-refractivity contribution in [3.05, 3.63) is 63.6 Å². The summed E-state index contributed by atoms with van der Waals surface area (Å²) in [5.74, 6) is 0.121. The molecule has 10 heteroatoms. The van der Waals surface area contributed by atoms with Gasteiger partial charge in [0.2, 0.25) is 0 Å². The van der Waals surface area contributed by atoms with Gasteiger partial charge >= 0.3 is 0 Å². The second kappa shape index (κ2) is 8.96. The van der Waals surface area contributed by atoms with Crippen molar-refractivity contribution in [3.63, 3.8) is 0 Å². The van der Waals surface area contributed by atoms with Gasteiger partial charge in [0.1, 0.15) is 10.8 Å². The smallest absolute Gasteiger partial charge is 0.271 e. The Morgan fingerprint density at radius 3 is 2.63 bits per heavy atom. The van der Waals surface area contributed by atoms with Crippen LogP contribution in [-0.4, -0.2) is 33.9 Å². The molecule has 1 spiro atoms. The Hall–Kier alpha value is -2.88. The van der Waals surface area contributed by atoms with E-state index in [1.54, 1.807) is 18.5 Å². The first-order valence-electron chi connectivity index (χ1n) is 11.5. The van der Waals surface area contributed by atoms with Crippen molar-refractivity contribution in [2.24, 2.45) is 16.9 Å². The van der Waals surface area contributed by atoms with E-state index in [1.807, 2.05) is 0 Å². The van der Waals surface area contributed by atoms with Gasteiger partial charge in [0.05, 0.1) is 11.2 Å². The molecular formula is C25H28ClN7OS. The molecule has 1 aliphatic carbocycles. The fraction of sp³-hybridized carbons (Fsp3) is 0.360. The van der Waals surface area contributed by atoms with E-state index in [-0.39, 0.29) is 23.0 Å². The minimum absolute atomic E-state index is 0.0111. The number of piperidine rings is 1. The van der Waals surface area contributed by atoms with Crippen LogP contribution in [-0.2, 0) is 6.42 Å². The van der Waals surface area contributed by atoms with Gasteiger partial charge in [-0.2, -0.15) is 0 Å². The van der Waals surface area contributed by atoms with Crippen LogP contribution >= 0.6 is 23.4 Å². The number of rotatable bonds is 4. The Labute approximate surface area is 213 Å². The highest BCUT2D eigenvalue weighted by atomic mass is 35.5. The number of hydrogen-bond acceptors (Lipinski definition) is 8. The number of hydrogen-bond donors (Lipinski definition) is 3. The van der Waals surface area contributed by atoms with E-state index in [9.17, 15) is 4.79 Å². The molecule has 1 aliphatic heterocycles. The molecule has 3 aromatic rings. The molecule has 182 valence electrons. The highest BCUT2D eigenvalue weighted by Gasteiger charge is 2.46. The molecule has 0 radical (unpaired) electrons. The summed E-state index contributed by atoms with van der Waals surface area (Å²) in [6, 6.07) is 6.30. The first kappa shape index (κ1) is 23.8. The van der Waals surface area contributed by atoms with Crippen LogP contribution in [0.2, 0.25) is 5.02 Å². The number of halogens is 1. The fourth-order valence-corrected chi connectivity index (χ4v) is 6.28. The van der Waals surface area contributed by atoms with Crippen molar-refractivity contribution >= 4 is 40.9 Å². The van der Waals surface area contributed by atoms with Crippen LogP contribution in [0.5, 0.6) is 0 Å². The predicted molar refractivity (Wildman–Crippen MR) is 139 cm³/mol. The van der Waals surface area contributed by atoms with Gasteiger partial charge in [-0.05, 0) is 66.8 Å². The topological polar surface area (TPSA) is 137 Å². The molecule has 3 heterocycles. The van der Waals surface area contributed by atoms with E-state index in [2.05, 4.69) is 45.8 Å². The van der Waals surface area contributed by atoms with Gasteiger partial charge in [-0.3, -0.25) is 4.79 Å². The lowest BCUT2D eigenvalue weighted by Crippen LogP contribution is -2.45. The Bertz CT molecular complexity index is 1320. The van der Waals surface area contributed by atoms with Gasteiger partial charge in [0, 0.05) is 30.2 Å². The molecule has 0 bridgehead atoms. The van der Waals surface area contributed by atoms with Gasteiger partial charge in [-0.1, -0.05) is 35.5 Å². The lowest BCUT2D eigenvalue weighted by molar-refractivity contribution is 0.0994. The monoisotopic (exact) mass is 509 g/mol. The Morgan fingerprint density at radius 1 is 1.20 bits per heavy atom. The molecule has 1 saturated heterocycles. The number of carbonyl (C=O) groups is 1. The zero-order valence-electron chi connectivity index (χ0n) is 19.7. The standard InChI is InChI=1S/C25H28ClN7OS/c1-13-9-15-11-25(21(27)16(15)10-14(13)2)4-7-33(8-5-25)24-20(23(29)34)32-18(12-31-24)35-17-3-6-30-22(28)19(17)26/h3,6,9-10,12,21H,4-5,7-8,11,27H2,1-2H3,(H2,28,30)(H2,29,34)/t21-/m1/s1. The summed E-state index contributed by atoms with van der Waals surface area (Å²) in [7, 11) is 0. The SMILES string of the molecule is Cc1cc2c(cc1C)[C@@H](N)C1(CCN(c3ncc(Sc4ccnc(N)c4Cl)nc3C(N)=O)CC1)C2. The van der Waals surface area contributed by atoms with Crippen molar-refractivity contribution in [3.8, 4) is 0 Å². The number of nitrogen functional groups attached to an aromatic ring is 1. The van der Waals surface area contributed by atoms with E-state index < -0.39 is 5.91 Å². The average molecular weight is 510 g/mol. The molecule has 5 rings (SSSR count). The molecule has 1 atom stereocenters. The number of pyridine rings is 1. The number of carbonyl (C=O) groups excluding carboxylic acids is 1. The first-order chi connectivity index (χ1) is 16.7. The molecule has 8 nitrogen and oxygen atoms in total. The van der Waals surface area contributed by atoms with Crippen LogP contribution in [0.4, 0.5) is 11.6 Å². The highest BCUT2D eigenvalue weighted by molar-refractivity contribution is 7.99. The number of nitrogens with two attached hydrogens (primary N) is 3. The van der Waals surface area contributed by atoms with Crippen LogP contribution in [0.3, 0.4) is 0 Å². The molecule has 2 aromatic heterocycles. The van der Waals surface area contributed by atoms with Crippen LogP contribution in [0, 0.1) is 19.3 Å². The molecule has 35 heavy (non-hydrogen) atoms. The van der Waals surface area contributed by atoms with Gasteiger partial charge in [-0.25, -0.2) is 15.0 Å². The number of primary amides is 1. The molecule has 0 saturated carbocycles. The van der Waals surface area contributed by atoms with Crippen LogP contribution in [0.25, 0.3) is 0 Å².